The molecule has 0 spiro atoms. The van der Waals surface area contributed by atoms with E-state index in [1.807, 2.05) is 0 Å². The second-order valence-electron chi connectivity index (χ2n) is 5.17. The van der Waals surface area contributed by atoms with Crippen molar-refractivity contribution >= 4 is 75.4 Å². The summed E-state index contributed by atoms with van der Waals surface area (Å²) in [5.41, 5.74) is 1.39. The Morgan fingerprint density at radius 3 is 2.42 bits per heavy atom. The number of rotatable bonds is 4. The number of hydrogen-bond donors (Lipinski definition) is 2. The van der Waals surface area contributed by atoms with Crippen LogP contribution in [-0.2, 0) is 6.54 Å². The van der Waals surface area contributed by atoms with Crippen molar-refractivity contribution in [3.8, 4) is 0 Å². The first-order chi connectivity index (χ1) is 12.4. The van der Waals surface area contributed by atoms with Crippen molar-refractivity contribution < 1.29 is 0 Å². The molecule has 1 heterocycles. The van der Waals surface area contributed by atoms with Crippen molar-refractivity contribution in [3.05, 3.63) is 68.4 Å². The first-order valence-corrected chi connectivity index (χ1v) is 9.20. The smallest absolute Gasteiger partial charge is 0.248 e. The SMILES string of the molecule is S=C(Nc1ncn(Cc2c(Cl)cccc2Cl)n1)Nc1ccc(Cl)cc1Cl. The van der Waals surface area contributed by atoms with Crippen LogP contribution < -0.4 is 10.6 Å². The average molecular weight is 447 g/mol. The molecule has 0 saturated carbocycles. The Labute approximate surface area is 175 Å². The van der Waals surface area contributed by atoms with Crippen LogP contribution >= 0.6 is 58.6 Å². The molecule has 0 aliphatic heterocycles. The van der Waals surface area contributed by atoms with Gasteiger partial charge in [0.05, 0.1) is 17.3 Å². The van der Waals surface area contributed by atoms with Crippen molar-refractivity contribution in [2.24, 2.45) is 0 Å². The van der Waals surface area contributed by atoms with Gasteiger partial charge in [-0.3, -0.25) is 5.32 Å². The summed E-state index contributed by atoms with van der Waals surface area (Å²) in [6.45, 7) is 0.385. The third-order valence-corrected chi connectivity index (χ3v) is 4.78. The summed E-state index contributed by atoms with van der Waals surface area (Å²) in [5.74, 6) is 0.329. The van der Waals surface area contributed by atoms with E-state index in [-0.39, 0.29) is 0 Å². The van der Waals surface area contributed by atoms with Crippen molar-refractivity contribution in [3.63, 3.8) is 0 Å². The van der Waals surface area contributed by atoms with E-state index in [1.54, 1.807) is 47.4 Å². The van der Waals surface area contributed by atoms with E-state index in [4.69, 9.17) is 58.6 Å². The van der Waals surface area contributed by atoms with Gasteiger partial charge in [0.15, 0.2) is 5.11 Å². The highest BCUT2D eigenvalue weighted by Crippen LogP contribution is 2.26. The quantitative estimate of drug-likeness (QED) is 0.499. The molecule has 2 N–H and O–H groups in total. The van der Waals surface area contributed by atoms with Crippen LogP contribution in [0.1, 0.15) is 5.56 Å². The van der Waals surface area contributed by atoms with Gasteiger partial charge in [0.25, 0.3) is 0 Å². The number of aromatic nitrogens is 3. The summed E-state index contributed by atoms with van der Waals surface area (Å²) in [4.78, 5) is 4.16. The van der Waals surface area contributed by atoms with Crippen molar-refractivity contribution in [2.75, 3.05) is 10.6 Å². The zero-order valence-corrected chi connectivity index (χ0v) is 16.9. The van der Waals surface area contributed by atoms with Gasteiger partial charge < -0.3 is 5.32 Å². The van der Waals surface area contributed by atoms with Crippen molar-refractivity contribution in [1.29, 1.82) is 0 Å². The molecule has 0 bridgehead atoms. The van der Waals surface area contributed by atoms with Crippen LogP contribution in [0.4, 0.5) is 11.6 Å². The fourth-order valence-electron chi connectivity index (χ4n) is 2.12. The van der Waals surface area contributed by atoms with E-state index in [0.717, 1.165) is 5.56 Å². The average Bonchev–Trinajstić information content (AvgIpc) is 3.01. The van der Waals surface area contributed by atoms with E-state index < -0.39 is 0 Å². The standard InChI is InChI=1S/C16H11Cl4N5S/c17-9-4-5-14(13(20)6-9)22-16(26)23-15-21-8-25(24-15)7-10-11(18)2-1-3-12(10)19/h1-6,8H,7H2,(H2,22,23,24,26). The summed E-state index contributed by atoms with van der Waals surface area (Å²) < 4.78 is 1.60. The number of benzene rings is 2. The van der Waals surface area contributed by atoms with E-state index in [9.17, 15) is 0 Å². The topological polar surface area (TPSA) is 54.8 Å². The molecule has 3 rings (SSSR count). The molecule has 26 heavy (non-hydrogen) atoms. The van der Waals surface area contributed by atoms with Crippen molar-refractivity contribution in [2.45, 2.75) is 6.54 Å². The maximum atomic E-state index is 6.17. The minimum Gasteiger partial charge on any atom is -0.331 e. The fourth-order valence-corrected chi connectivity index (χ4v) is 3.29. The number of thiocarbonyl (C=S) groups is 1. The molecule has 2 aromatic carbocycles. The highest BCUT2D eigenvalue weighted by atomic mass is 35.5. The molecule has 3 aromatic rings. The Hall–Kier alpha value is -1.57. The van der Waals surface area contributed by atoms with Gasteiger partial charge >= 0.3 is 0 Å². The van der Waals surface area contributed by atoms with Crippen LogP contribution in [0.25, 0.3) is 0 Å². The number of halogens is 4. The summed E-state index contributed by atoms with van der Waals surface area (Å²) in [6.07, 6.45) is 1.56. The molecule has 134 valence electrons. The lowest BCUT2D eigenvalue weighted by atomic mass is 10.2. The van der Waals surface area contributed by atoms with Gasteiger partial charge in [-0.05, 0) is 42.5 Å². The maximum Gasteiger partial charge on any atom is 0.248 e. The monoisotopic (exact) mass is 445 g/mol. The number of anilines is 2. The van der Waals surface area contributed by atoms with Gasteiger partial charge in [-0.25, -0.2) is 9.67 Å². The lowest BCUT2D eigenvalue weighted by molar-refractivity contribution is 0.687. The molecule has 0 saturated heterocycles. The Balaban J connectivity index is 1.65. The molecule has 0 fully saturated rings. The van der Waals surface area contributed by atoms with Crippen LogP contribution in [0, 0.1) is 0 Å². The summed E-state index contributed by atoms with van der Waals surface area (Å²) in [6, 6.07) is 10.4. The lowest BCUT2D eigenvalue weighted by Crippen LogP contribution is -2.20. The van der Waals surface area contributed by atoms with Gasteiger partial charge in [0, 0.05) is 20.6 Å². The number of nitrogens with zero attached hydrogens (tertiary/aromatic N) is 3. The molecular weight excluding hydrogens is 436 g/mol. The van der Waals surface area contributed by atoms with Crippen LogP contribution in [0.5, 0.6) is 0 Å². The predicted molar refractivity (Wildman–Crippen MR) is 112 cm³/mol. The first-order valence-electron chi connectivity index (χ1n) is 7.28. The number of nitrogens with one attached hydrogen (secondary N) is 2. The zero-order valence-electron chi connectivity index (χ0n) is 13.0. The normalized spacial score (nSPS) is 10.6. The summed E-state index contributed by atoms with van der Waals surface area (Å²) in [5, 5.41) is 12.6. The van der Waals surface area contributed by atoms with Gasteiger partial charge in [0.1, 0.15) is 6.33 Å². The Bertz CT molecular complexity index is 939. The highest BCUT2D eigenvalue weighted by molar-refractivity contribution is 7.80. The second kappa shape index (κ2) is 8.41. The summed E-state index contributed by atoms with van der Waals surface area (Å²) in [7, 11) is 0. The maximum absolute atomic E-state index is 6.17. The van der Waals surface area contributed by atoms with Crippen LogP contribution in [0.3, 0.4) is 0 Å². The molecule has 1 aromatic heterocycles. The Kier molecular flexibility index (Phi) is 6.21. The van der Waals surface area contributed by atoms with Gasteiger partial charge in [-0.2, -0.15) is 0 Å². The van der Waals surface area contributed by atoms with E-state index in [2.05, 4.69) is 20.7 Å². The Morgan fingerprint density at radius 2 is 1.73 bits per heavy atom. The fraction of sp³-hybridized carbons (Fsp3) is 0.0625. The largest absolute Gasteiger partial charge is 0.331 e. The molecule has 0 aliphatic rings. The number of hydrogen-bond acceptors (Lipinski definition) is 3. The zero-order chi connectivity index (χ0) is 18.7. The third kappa shape index (κ3) is 4.78. The van der Waals surface area contributed by atoms with E-state index in [1.165, 1.54) is 0 Å². The molecule has 0 amide bonds. The molecule has 5 nitrogen and oxygen atoms in total. The van der Waals surface area contributed by atoms with Gasteiger partial charge in [-0.15, -0.1) is 5.10 Å². The molecule has 10 heteroatoms. The third-order valence-electron chi connectivity index (χ3n) is 3.32. The lowest BCUT2D eigenvalue weighted by Gasteiger charge is -2.10. The van der Waals surface area contributed by atoms with E-state index >= 15 is 0 Å². The van der Waals surface area contributed by atoms with E-state index in [0.29, 0.717) is 43.4 Å². The highest BCUT2D eigenvalue weighted by Gasteiger charge is 2.10. The molecule has 0 radical (unpaired) electrons. The molecule has 0 aliphatic carbocycles. The van der Waals surface area contributed by atoms with Gasteiger partial charge in [0.2, 0.25) is 5.95 Å². The van der Waals surface area contributed by atoms with Crippen LogP contribution in [-0.4, -0.2) is 19.9 Å². The van der Waals surface area contributed by atoms with Crippen LogP contribution in [0.15, 0.2) is 42.7 Å². The molecular formula is C16H11Cl4N5S. The summed E-state index contributed by atoms with van der Waals surface area (Å²) >= 11 is 29.6. The predicted octanol–water partition coefficient (Wildman–Crippen LogP) is 5.75. The van der Waals surface area contributed by atoms with Gasteiger partial charge in [-0.1, -0.05) is 52.5 Å². The van der Waals surface area contributed by atoms with Crippen LogP contribution in [0.2, 0.25) is 20.1 Å². The molecule has 0 atom stereocenters. The minimum absolute atomic E-state index is 0.294. The first kappa shape index (κ1) is 19.2. The van der Waals surface area contributed by atoms with Crippen molar-refractivity contribution in [1.82, 2.24) is 14.8 Å². The Morgan fingerprint density at radius 1 is 1.00 bits per heavy atom. The second-order valence-corrected chi connectivity index (χ2v) is 7.24. The molecule has 0 unspecified atom stereocenters. The minimum atomic E-state index is 0.294.